The minimum Gasteiger partial charge on any atom is -0.381 e. The first kappa shape index (κ1) is 13.3. The van der Waals surface area contributed by atoms with Gasteiger partial charge in [0.15, 0.2) is 0 Å². The van der Waals surface area contributed by atoms with Gasteiger partial charge in [-0.25, -0.2) is 0 Å². The molecule has 2 N–H and O–H groups in total. The molecule has 0 bridgehead atoms. The number of ether oxygens (including phenoxy) is 2. The fourth-order valence-corrected chi connectivity index (χ4v) is 3.32. The third-order valence-corrected chi connectivity index (χ3v) is 4.17. The molecule has 1 atom stereocenters. The van der Waals surface area contributed by atoms with Crippen LogP contribution < -0.4 is 5.73 Å². The maximum Gasteiger partial charge on any atom is 0.0757 e. The van der Waals surface area contributed by atoms with E-state index in [2.05, 4.69) is 25.7 Å². The summed E-state index contributed by atoms with van der Waals surface area (Å²) in [5.74, 6) is 0. The molecule has 1 saturated carbocycles. The van der Waals surface area contributed by atoms with Crippen LogP contribution in [0.15, 0.2) is 0 Å². The fourth-order valence-electron chi connectivity index (χ4n) is 3.32. The van der Waals surface area contributed by atoms with Crippen molar-refractivity contribution in [3.05, 3.63) is 0 Å². The van der Waals surface area contributed by atoms with E-state index in [-0.39, 0.29) is 17.2 Å². The Morgan fingerprint density at radius 1 is 1.41 bits per heavy atom. The molecule has 1 aliphatic heterocycles. The second-order valence-corrected chi connectivity index (χ2v) is 6.26. The summed E-state index contributed by atoms with van der Waals surface area (Å²) in [5.41, 5.74) is 6.09. The first-order chi connectivity index (χ1) is 7.91. The minimum absolute atomic E-state index is 0.0714. The highest BCUT2D eigenvalue weighted by atomic mass is 16.5. The average Bonchev–Trinajstić information content (AvgIpc) is 2.14. The third-order valence-electron chi connectivity index (χ3n) is 4.17. The summed E-state index contributed by atoms with van der Waals surface area (Å²) in [5, 5.41) is 0. The lowest BCUT2D eigenvalue weighted by Crippen LogP contribution is -2.69. The number of rotatable bonds is 3. The minimum atomic E-state index is -0.0714. The largest absolute Gasteiger partial charge is 0.381 e. The van der Waals surface area contributed by atoms with Gasteiger partial charge in [-0.1, -0.05) is 0 Å². The van der Waals surface area contributed by atoms with Crippen LogP contribution in [0.25, 0.3) is 0 Å². The van der Waals surface area contributed by atoms with Gasteiger partial charge in [0.05, 0.1) is 17.8 Å². The third kappa shape index (κ3) is 2.50. The maximum atomic E-state index is 6.01. The first-order valence-electron chi connectivity index (χ1n) is 6.56. The quantitative estimate of drug-likeness (QED) is 0.802. The molecular formula is C13H26N2O2. The van der Waals surface area contributed by atoms with Crippen LogP contribution in [0.5, 0.6) is 0 Å². The van der Waals surface area contributed by atoms with Crippen molar-refractivity contribution in [2.75, 3.05) is 26.7 Å². The van der Waals surface area contributed by atoms with Crippen LogP contribution in [0.2, 0.25) is 0 Å². The SMILES string of the molecule is COC1CC(CN)(N2CC(C)OC(C)(C)C2)C1. The van der Waals surface area contributed by atoms with Crippen LogP contribution in [0.3, 0.4) is 0 Å². The molecule has 2 aliphatic rings. The Kier molecular flexibility index (Phi) is 3.51. The van der Waals surface area contributed by atoms with Gasteiger partial charge >= 0.3 is 0 Å². The molecule has 100 valence electrons. The normalized spacial score (nSPS) is 42.2. The topological polar surface area (TPSA) is 47.7 Å². The second-order valence-electron chi connectivity index (χ2n) is 6.26. The standard InChI is InChI=1S/C13H26N2O2/c1-10-7-15(9-12(2,3)17-10)13(8-14)5-11(6-13)16-4/h10-11H,5-9,14H2,1-4H3. The van der Waals surface area contributed by atoms with Crippen LogP contribution >= 0.6 is 0 Å². The van der Waals surface area contributed by atoms with Crippen molar-refractivity contribution in [1.82, 2.24) is 4.90 Å². The highest BCUT2D eigenvalue weighted by Gasteiger charge is 2.50. The predicted molar refractivity (Wildman–Crippen MR) is 68.0 cm³/mol. The molecule has 4 nitrogen and oxygen atoms in total. The number of nitrogens with two attached hydrogens (primary N) is 1. The van der Waals surface area contributed by atoms with Crippen molar-refractivity contribution in [2.24, 2.45) is 5.73 Å². The summed E-state index contributed by atoms with van der Waals surface area (Å²) >= 11 is 0. The molecule has 1 heterocycles. The molecule has 4 heteroatoms. The van der Waals surface area contributed by atoms with Crippen molar-refractivity contribution in [3.63, 3.8) is 0 Å². The van der Waals surface area contributed by atoms with Crippen LogP contribution in [-0.2, 0) is 9.47 Å². The van der Waals surface area contributed by atoms with Gasteiger partial charge < -0.3 is 15.2 Å². The van der Waals surface area contributed by atoms with Crippen molar-refractivity contribution in [1.29, 1.82) is 0 Å². The van der Waals surface area contributed by atoms with Crippen molar-refractivity contribution < 1.29 is 9.47 Å². The van der Waals surface area contributed by atoms with Gasteiger partial charge in [0.2, 0.25) is 0 Å². The molecular weight excluding hydrogens is 216 g/mol. The van der Waals surface area contributed by atoms with Gasteiger partial charge in [-0.2, -0.15) is 0 Å². The molecule has 1 aliphatic carbocycles. The van der Waals surface area contributed by atoms with E-state index in [9.17, 15) is 0 Å². The highest BCUT2D eigenvalue weighted by molar-refractivity contribution is 5.06. The average molecular weight is 242 g/mol. The first-order valence-corrected chi connectivity index (χ1v) is 6.56. The maximum absolute atomic E-state index is 6.01. The van der Waals surface area contributed by atoms with E-state index in [1.54, 1.807) is 7.11 Å². The summed E-state index contributed by atoms with van der Waals surface area (Å²) in [6, 6.07) is 0. The van der Waals surface area contributed by atoms with Gasteiger partial charge in [0.25, 0.3) is 0 Å². The molecule has 0 aromatic rings. The lowest BCUT2D eigenvalue weighted by Gasteiger charge is -2.57. The van der Waals surface area contributed by atoms with Crippen LogP contribution in [0.4, 0.5) is 0 Å². The Bertz CT molecular complexity index is 275. The number of hydrogen-bond acceptors (Lipinski definition) is 4. The van der Waals surface area contributed by atoms with Gasteiger partial charge in [0, 0.05) is 32.3 Å². The van der Waals surface area contributed by atoms with Crippen LogP contribution in [-0.4, -0.2) is 55.0 Å². The Morgan fingerprint density at radius 3 is 2.53 bits per heavy atom. The van der Waals surface area contributed by atoms with Crippen LogP contribution in [0.1, 0.15) is 33.6 Å². The lowest BCUT2D eigenvalue weighted by molar-refractivity contribution is -0.182. The lowest BCUT2D eigenvalue weighted by atomic mass is 9.72. The summed E-state index contributed by atoms with van der Waals surface area (Å²) < 4.78 is 11.4. The van der Waals surface area contributed by atoms with E-state index < -0.39 is 0 Å². The van der Waals surface area contributed by atoms with E-state index in [1.807, 2.05) is 0 Å². The molecule has 1 saturated heterocycles. The molecule has 2 rings (SSSR count). The number of nitrogens with zero attached hydrogens (tertiary/aromatic N) is 1. The smallest absolute Gasteiger partial charge is 0.0757 e. The fraction of sp³-hybridized carbons (Fsp3) is 1.00. The van der Waals surface area contributed by atoms with Gasteiger partial charge in [-0.15, -0.1) is 0 Å². The molecule has 0 aromatic carbocycles. The molecule has 0 aromatic heterocycles. The van der Waals surface area contributed by atoms with Crippen molar-refractivity contribution in [3.8, 4) is 0 Å². The molecule has 1 unspecified atom stereocenters. The van der Waals surface area contributed by atoms with Gasteiger partial charge in [-0.05, 0) is 33.6 Å². The van der Waals surface area contributed by atoms with Gasteiger partial charge in [-0.3, -0.25) is 4.90 Å². The number of hydrogen-bond donors (Lipinski definition) is 1. The Balaban J connectivity index is 2.05. The zero-order chi connectivity index (χ0) is 12.7. The summed E-state index contributed by atoms with van der Waals surface area (Å²) in [4.78, 5) is 2.52. The second kappa shape index (κ2) is 4.50. The Morgan fingerprint density at radius 2 is 2.06 bits per heavy atom. The Hall–Kier alpha value is -0.160. The zero-order valence-electron chi connectivity index (χ0n) is 11.5. The molecule has 0 spiro atoms. The summed E-state index contributed by atoms with van der Waals surface area (Å²) in [7, 11) is 1.79. The van der Waals surface area contributed by atoms with E-state index in [1.165, 1.54) is 0 Å². The van der Waals surface area contributed by atoms with E-state index in [0.717, 1.165) is 32.5 Å². The monoisotopic (exact) mass is 242 g/mol. The van der Waals surface area contributed by atoms with Gasteiger partial charge in [0.1, 0.15) is 0 Å². The van der Waals surface area contributed by atoms with E-state index in [4.69, 9.17) is 15.2 Å². The van der Waals surface area contributed by atoms with E-state index >= 15 is 0 Å². The molecule has 17 heavy (non-hydrogen) atoms. The summed E-state index contributed by atoms with van der Waals surface area (Å²) in [6.07, 6.45) is 2.79. The van der Waals surface area contributed by atoms with Crippen molar-refractivity contribution >= 4 is 0 Å². The molecule has 0 amide bonds. The number of morpholine rings is 1. The molecule has 0 radical (unpaired) electrons. The molecule has 2 fully saturated rings. The predicted octanol–water partition coefficient (Wildman–Crippen LogP) is 0.992. The van der Waals surface area contributed by atoms with Crippen molar-refractivity contribution in [2.45, 2.75) is 57.0 Å². The number of methoxy groups -OCH3 is 1. The Labute approximate surface area is 104 Å². The van der Waals surface area contributed by atoms with Crippen LogP contribution in [0, 0.1) is 0 Å². The summed E-state index contributed by atoms with van der Waals surface area (Å²) in [6.45, 7) is 9.13. The zero-order valence-corrected chi connectivity index (χ0v) is 11.5. The highest BCUT2D eigenvalue weighted by Crippen LogP contribution is 2.41. The van der Waals surface area contributed by atoms with E-state index in [0.29, 0.717) is 6.10 Å².